The topological polar surface area (TPSA) is 61.6 Å². The predicted molar refractivity (Wildman–Crippen MR) is 121 cm³/mol. The first kappa shape index (κ1) is 20.7. The molecule has 0 bridgehead atoms. The highest BCUT2D eigenvalue weighted by molar-refractivity contribution is 5.47. The summed E-state index contributed by atoms with van der Waals surface area (Å²) < 4.78 is 10.9. The van der Waals surface area contributed by atoms with Crippen molar-refractivity contribution in [2.75, 3.05) is 14.2 Å². The number of methoxy groups -OCH3 is 2. The van der Waals surface area contributed by atoms with Crippen LogP contribution in [0.2, 0.25) is 0 Å². The molecule has 0 amide bonds. The van der Waals surface area contributed by atoms with Crippen molar-refractivity contribution in [1.29, 1.82) is 0 Å². The van der Waals surface area contributed by atoms with Gasteiger partial charge in [-0.3, -0.25) is 10.1 Å². The molecule has 1 aliphatic carbocycles. The molecule has 1 aliphatic rings. The molecule has 3 aromatic carbocycles. The van der Waals surface area contributed by atoms with Crippen molar-refractivity contribution in [2.24, 2.45) is 0 Å². The van der Waals surface area contributed by atoms with Gasteiger partial charge < -0.3 is 9.47 Å². The van der Waals surface area contributed by atoms with Crippen molar-refractivity contribution < 1.29 is 14.4 Å². The van der Waals surface area contributed by atoms with E-state index in [2.05, 4.69) is 6.08 Å². The third-order valence-electron chi connectivity index (χ3n) is 6.05. The van der Waals surface area contributed by atoms with Gasteiger partial charge in [-0.1, -0.05) is 78.9 Å². The van der Waals surface area contributed by atoms with Crippen LogP contribution in [0.5, 0.6) is 11.5 Å². The Hall–Kier alpha value is -3.60. The minimum Gasteiger partial charge on any atom is -0.493 e. The average Bonchev–Trinajstić information content (AvgIpc) is 2.83. The predicted octanol–water partition coefficient (Wildman–Crippen LogP) is 5.57. The van der Waals surface area contributed by atoms with Crippen molar-refractivity contribution >= 4 is 0 Å². The van der Waals surface area contributed by atoms with Gasteiger partial charge in [0.25, 0.3) is 0 Å². The molecule has 0 unspecified atom stereocenters. The normalized spacial score (nSPS) is 22.6. The Labute approximate surface area is 182 Å². The van der Waals surface area contributed by atoms with Crippen molar-refractivity contribution in [1.82, 2.24) is 0 Å². The van der Waals surface area contributed by atoms with Gasteiger partial charge in [0.05, 0.1) is 26.1 Å². The lowest BCUT2D eigenvalue weighted by Gasteiger charge is -2.35. The van der Waals surface area contributed by atoms with Crippen LogP contribution >= 0.6 is 0 Å². The van der Waals surface area contributed by atoms with Crippen LogP contribution in [0, 0.1) is 10.1 Å². The van der Waals surface area contributed by atoms with E-state index in [4.69, 9.17) is 9.47 Å². The molecule has 5 heteroatoms. The summed E-state index contributed by atoms with van der Waals surface area (Å²) in [5.41, 5.74) is 2.85. The number of nitro groups is 1. The van der Waals surface area contributed by atoms with Gasteiger partial charge in [-0.15, -0.1) is 0 Å². The van der Waals surface area contributed by atoms with Crippen LogP contribution in [-0.2, 0) is 0 Å². The van der Waals surface area contributed by atoms with E-state index in [1.807, 2.05) is 84.9 Å². The largest absolute Gasteiger partial charge is 0.493 e. The van der Waals surface area contributed by atoms with E-state index >= 15 is 0 Å². The summed E-state index contributed by atoms with van der Waals surface area (Å²) in [6, 6.07) is 24.4. The van der Waals surface area contributed by atoms with Crippen molar-refractivity contribution in [3.63, 3.8) is 0 Å². The quantitative estimate of drug-likeness (QED) is 0.300. The molecule has 0 heterocycles. The van der Waals surface area contributed by atoms with Gasteiger partial charge in [0.15, 0.2) is 11.5 Å². The van der Waals surface area contributed by atoms with E-state index < -0.39 is 6.04 Å². The first-order valence-electron chi connectivity index (χ1n) is 10.3. The molecular formula is C26H25NO4. The van der Waals surface area contributed by atoms with E-state index in [1.165, 1.54) is 0 Å². The van der Waals surface area contributed by atoms with Gasteiger partial charge in [-0.2, -0.15) is 0 Å². The molecule has 0 aromatic heterocycles. The maximum absolute atomic E-state index is 12.5. The lowest BCUT2D eigenvalue weighted by Crippen LogP contribution is -2.38. The Morgan fingerprint density at radius 2 is 1.26 bits per heavy atom. The Morgan fingerprint density at radius 3 is 1.81 bits per heavy atom. The third kappa shape index (κ3) is 4.04. The van der Waals surface area contributed by atoms with Gasteiger partial charge in [0.1, 0.15) is 0 Å². The molecular weight excluding hydrogens is 390 g/mol. The number of allylic oxidation sites excluding steroid dienone is 1. The van der Waals surface area contributed by atoms with Crippen LogP contribution < -0.4 is 9.47 Å². The molecule has 5 nitrogen and oxygen atoms in total. The summed E-state index contributed by atoms with van der Waals surface area (Å²) in [7, 11) is 3.16. The van der Waals surface area contributed by atoms with Crippen LogP contribution in [0.4, 0.5) is 0 Å². The Balaban J connectivity index is 1.89. The molecule has 0 saturated heterocycles. The molecule has 0 spiro atoms. The number of benzene rings is 3. The monoisotopic (exact) mass is 415 g/mol. The summed E-state index contributed by atoms with van der Waals surface area (Å²) in [6.45, 7) is 0. The lowest BCUT2D eigenvalue weighted by molar-refractivity contribution is -0.530. The third-order valence-corrected chi connectivity index (χ3v) is 6.05. The zero-order valence-corrected chi connectivity index (χ0v) is 17.5. The summed E-state index contributed by atoms with van der Waals surface area (Å²) in [4.78, 5) is 12.4. The van der Waals surface area contributed by atoms with Gasteiger partial charge in [-0.05, 0) is 28.8 Å². The molecule has 4 rings (SSSR count). The maximum Gasteiger partial charge on any atom is 0.230 e. The van der Waals surface area contributed by atoms with Crippen molar-refractivity contribution in [2.45, 2.75) is 23.8 Å². The smallest absolute Gasteiger partial charge is 0.230 e. The fourth-order valence-electron chi connectivity index (χ4n) is 4.61. The van der Waals surface area contributed by atoms with E-state index in [1.54, 1.807) is 14.2 Å². The summed E-state index contributed by atoms with van der Waals surface area (Å²) in [5.74, 6) is 0.349. The molecule has 31 heavy (non-hydrogen) atoms. The number of ether oxygens (including phenoxy) is 2. The Morgan fingerprint density at radius 1 is 0.710 bits per heavy atom. The lowest BCUT2D eigenvalue weighted by atomic mass is 9.68. The molecule has 158 valence electrons. The summed E-state index contributed by atoms with van der Waals surface area (Å²) in [5, 5.41) is 12.5. The molecule has 0 saturated carbocycles. The van der Waals surface area contributed by atoms with Gasteiger partial charge in [0, 0.05) is 10.8 Å². The van der Waals surface area contributed by atoms with E-state index in [9.17, 15) is 10.1 Å². The van der Waals surface area contributed by atoms with E-state index in [-0.39, 0.29) is 22.7 Å². The number of nitrogens with zero attached hydrogens (tertiary/aromatic N) is 1. The second-order valence-electron chi connectivity index (χ2n) is 7.67. The Kier molecular flexibility index (Phi) is 6.03. The summed E-state index contributed by atoms with van der Waals surface area (Å²) in [6.07, 6.45) is 4.12. The van der Waals surface area contributed by atoms with Gasteiger partial charge in [0.2, 0.25) is 6.04 Å². The minimum atomic E-state index is -0.823. The summed E-state index contributed by atoms with van der Waals surface area (Å²) >= 11 is 0. The standard InChI is InChI=1S/C26H25NO4/c1-30-23-16-13-20(17-24(23)31-2)25-21(18-9-5-3-6-10-18)14-15-22(26(25)27(28)29)19-11-7-4-8-12-19/h3-17,21-22,25-26H,1-2H3/t21-,22-,25-,26+/m1/s1. The highest BCUT2D eigenvalue weighted by Crippen LogP contribution is 2.48. The van der Waals surface area contributed by atoms with Gasteiger partial charge in [-0.25, -0.2) is 0 Å². The van der Waals surface area contributed by atoms with Crippen LogP contribution in [-0.4, -0.2) is 25.2 Å². The van der Waals surface area contributed by atoms with Crippen LogP contribution in [0.25, 0.3) is 0 Å². The molecule has 0 fully saturated rings. The fourth-order valence-corrected chi connectivity index (χ4v) is 4.61. The van der Waals surface area contributed by atoms with Crippen molar-refractivity contribution in [3.05, 3.63) is 118 Å². The Bertz CT molecular complexity index is 1070. The van der Waals surface area contributed by atoms with Crippen LogP contribution in [0.15, 0.2) is 91.0 Å². The zero-order chi connectivity index (χ0) is 21.8. The van der Waals surface area contributed by atoms with Crippen LogP contribution in [0.1, 0.15) is 34.4 Å². The highest BCUT2D eigenvalue weighted by atomic mass is 16.6. The molecule has 0 radical (unpaired) electrons. The second-order valence-corrected chi connectivity index (χ2v) is 7.67. The number of rotatable bonds is 6. The first-order chi connectivity index (χ1) is 15.1. The van der Waals surface area contributed by atoms with Crippen LogP contribution in [0.3, 0.4) is 0 Å². The molecule has 3 aromatic rings. The zero-order valence-electron chi connectivity index (χ0n) is 17.5. The molecule has 0 N–H and O–H groups in total. The van der Waals surface area contributed by atoms with E-state index in [0.29, 0.717) is 11.5 Å². The molecule has 4 atom stereocenters. The van der Waals surface area contributed by atoms with Crippen molar-refractivity contribution in [3.8, 4) is 11.5 Å². The van der Waals surface area contributed by atoms with E-state index in [0.717, 1.165) is 16.7 Å². The SMILES string of the molecule is COc1ccc([C@H]2[C@@H]([N+](=O)[O-])[C@@H](c3ccccc3)C=C[C@@H]2c2ccccc2)cc1OC. The highest BCUT2D eigenvalue weighted by Gasteiger charge is 2.46. The fraction of sp³-hybridized carbons (Fsp3) is 0.231. The molecule has 0 aliphatic heterocycles. The number of hydrogen-bond acceptors (Lipinski definition) is 4. The van der Waals surface area contributed by atoms with Gasteiger partial charge >= 0.3 is 0 Å². The average molecular weight is 415 g/mol. The number of hydrogen-bond donors (Lipinski definition) is 0. The first-order valence-corrected chi connectivity index (χ1v) is 10.3. The second kappa shape index (κ2) is 9.04. The minimum absolute atomic E-state index is 0.127. The maximum atomic E-state index is 12.5.